The maximum Gasteiger partial charge on any atom is 0.364 e. The first-order valence-electron chi connectivity index (χ1n) is 5.09. The van der Waals surface area contributed by atoms with Gasteiger partial charge in [0.05, 0.1) is 12.7 Å². The summed E-state index contributed by atoms with van der Waals surface area (Å²) >= 11 is 0. The van der Waals surface area contributed by atoms with Gasteiger partial charge in [-0.25, -0.2) is 4.79 Å². The second kappa shape index (κ2) is 4.33. The van der Waals surface area contributed by atoms with Gasteiger partial charge in [-0.2, -0.15) is 0 Å². The highest BCUT2D eigenvalue weighted by Crippen LogP contribution is 2.27. The topological polar surface area (TPSA) is 61.6 Å². The molecule has 0 saturated heterocycles. The SMILES string of the molecule is CCOC(=O)c1nocc1OC1CCC1. The van der Waals surface area contributed by atoms with Crippen molar-refractivity contribution in [1.29, 1.82) is 0 Å². The molecule has 0 aromatic carbocycles. The molecule has 1 aromatic heterocycles. The fourth-order valence-corrected chi connectivity index (χ4v) is 1.32. The maximum atomic E-state index is 11.4. The van der Waals surface area contributed by atoms with Crippen LogP contribution in [0.4, 0.5) is 0 Å². The molecule has 1 saturated carbocycles. The number of nitrogens with zero attached hydrogens (tertiary/aromatic N) is 1. The van der Waals surface area contributed by atoms with Gasteiger partial charge in [-0.15, -0.1) is 0 Å². The molecule has 1 aromatic rings. The van der Waals surface area contributed by atoms with Gasteiger partial charge in [-0.3, -0.25) is 0 Å². The van der Waals surface area contributed by atoms with Crippen molar-refractivity contribution in [3.8, 4) is 5.75 Å². The van der Waals surface area contributed by atoms with Crippen molar-refractivity contribution in [3.05, 3.63) is 12.0 Å². The number of hydrogen-bond acceptors (Lipinski definition) is 5. The number of hydrogen-bond donors (Lipinski definition) is 0. The standard InChI is InChI=1S/C10H13NO4/c1-2-13-10(12)9-8(6-14-11-9)15-7-4-3-5-7/h6-7H,2-5H2,1H3. The van der Waals surface area contributed by atoms with Gasteiger partial charge >= 0.3 is 5.97 Å². The van der Waals surface area contributed by atoms with E-state index < -0.39 is 5.97 Å². The largest absolute Gasteiger partial charge is 0.485 e. The summed E-state index contributed by atoms with van der Waals surface area (Å²) in [6, 6.07) is 0. The van der Waals surface area contributed by atoms with Crippen LogP contribution < -0.4 is 4.74 Å². The molecule has 0 radical (unpaired) electrons. The third-order valence-corrected chi connectivity index (χ3v) is 2.35. The van der Waals surface area contributed by atoms with E-state index in [-0.39, 0.29) is 11.8 Å². The van der Waals surface area contributed by atoms with E-state index in [1.807, 2.05) is 0 Å². The molecule has 1 heterocycles. The second-order valence-electron chi connectivity index (χ2n) is 3.42. The zero-order valence-corrected chi connectivity index (χ0v) is 8.56. The molecule has 0 spiro atoms. The van der Waals surface area contributed by atoms with Gasteiger partial charge in [0.1, 0.15) is 0 Å². The first-order valence-corrected chi connectivity index (χ1v) is 5.09. The predicted octanol–water partition coefficient (Wildman–Crippen LogP) is 1.78. The first-order chi connectivity index (χ1) is 7.31. The maximum absolute atomic E-state index is 11.4. The molecule has 5 nitrogen and oxygen atoms in total. The van der Waals surface area contributed by atoms with Crippen molar-refractivity contribution in [2.45, 2.75) is 32.3 Å². The lowest BCUT2D eigenvalue weighted by Gasteiger charge is -2.25. The summed E-state index contributed by atoms with van der Waals surface area (Å²) in [6.07, 6.45) is 4.74. The van der Waals surface area contributed by atoms with Gasteiger partial charge in [-0.05, 0) is 26.2 Å². The van der Waals surface area contributed by atoms with E-state index in [0.717, 1.165) is 12.8 Å². The summed E-state index contributed by atoms with van der Waals surface area (Å²) in [7, 11) is 0. The van der Waals surface area contributed by atoms with E-state index in [0.29, 0.717) is 12.4 Å². The molecule has 0 atom stereocenters. The molecule has 0 aliphatic heterocycles. The van der Waals surface area contributed by atoms with Crippen LogP contribution in [-0.2, 0) is 4.74 Å². The fourth-order valence-electron chi connectivity index (χ4n) is 1.32. The van der Waals surface area contributed by atoms with Crippen LogP contribution >= 0.6 is 0 Å². The zero-order chi connectivity index (χ0) is 10.7. The van der Waals surface area contributed by atoms with Crippen molar-refractivity contribution >= 4 is 5.97 Å². The van der Waals surface area contributed by atoms with Crippen molar-refractivity contribution < 1.29 is 18.8 Å². The highest BCUT2D eigenvalue weighted by atomic mass is 16.5. The summed E-state index contributed by atoms with van der Waals surface area (Å²) in [5.41, 5.74) is 0.128. The van der Waals surface area contributed by atoms with Gasteiger partial charge in [0, 0.05) is 0 Å². The Labute approximate surface area is 87.3 Å². The fraction of sp³-hybridized carbons (Fsp3) is 0.600. The normalized spacial score (nSPS) is 15.8. The van der Waals surface area contributed by atoms with Gasteiger partial charge in [0.15, 0.2) is 12.0 Å². The van der Waals surface area contributed by atoms with Crippen LogP contribution in [0.15, 0.2) is 10.8 Å². The highest BCUT2D eigenvalue weighted by molar-refractivity contribution is 5.89. The molecule has 0 N–H and O–H groups in total. The van der Waals surface area contributed by atoms with Crippen LogP contribution in [0.2, 0.25) is 0 Å². The van der Waals surface area contributed by atoms with E-state index >= 15 is 0 Å². The van der Waals surface area contributed by atoms with Crippen LogP contribution in [-0.4, -0.2) is 23.8 Å². The lowest BCUT2D eigenvalue weighted by Crippen LogP contribution is -2.25. The minimum atomic E-state index is -0.499. The Morgan fingerprint density at radius 3 is 3.07 bits per heavy atom. The quantitative estimate of drug-likeness (QED) is 0.710. The Hall–Kier alpha value is -1.52. The third-order valence-electron chi connectivity index (χ3n) is 2.35. The Kier molecular flexibility index (Phi) is 2.89. The molecular weight excluding hydrogens is 198 g/mol. The van der Waals surface area contributed by atoms with Gasteiger partial charge in [0.2, 0.25) is 5.69 Å². The molecular formula is C10H13NO4. The van der Waals surface area contributed by atoms with Crippen molar-refractivity contribution in [2.75, 3.05) is 6.61 Å². The van der Waals surface area contributed by atoms with Crippen LogP contribution in [0.3, 0.4) is 0 Å². The number of carbonyl (C=O) groups is 1. The molecule has 0 unspecified atom stereocenters. The van der Waals surface area contributed by atoms with E-state index in [9.17, 15) is 4.79 Å². The van der Waals surface area contributed by atoms with Crippen LogP contribution in [0.25, 0.3) is 0 Å². The number of carbonyl (C=O) groups excluding carboxylic acids is 1. The third kappa shape index (κ3) is 2.11. The van der Waals surface area contributed by atoms with Crippen LogP contribution in [0.1, 0.15) is 36.7 Å². The molecule has 0 amide bonds. The number of aromatic nitrogens is 1. The van der Waals surface area contributed by atoms with Crippen LogP contribution in [0, 0.1) is 0 Å². The summed E-state index contributed by atoms with van der Waals surface area (Å²) < 4.78 is 15.1. The minimum Gasteiger partial charge on any atom is -0.485 e. The molecule has 2 rings (SSSR count). The minimum absolute atomic E-state index is 0.128. The average Bonchev–Trinajstić information content (AvgIpc) is 2.59. The Morgan fingerprint density at radius 2 is 2.47 bits per heavy atom. The first kappa shape index (κ1) is 10.0. The molecule has 5 heteroatoms. The van der Waals surface area contributed by atoms with Crippen LogP contribution in [0.5, 0.6) is 5.75 Å². The smallest absolute Gasteiger partial charge is 0.364 e. The monoisotopic (exact) mass is 211 g/mol. The molecule has 1 fully saturated rings. The highest BCUT2D eigenvalue weighted by Gasteiger charge is 2.25. The van der Waals surface area contributed by atoms with E-state index in [2.05, 4.69) is 5.16 Å². The number of esters is 1. The number of rotatable bonds is 4. The summed E-state index contributed by atoms with van der Waals surface area (Å²) in [5, 5.41) is 3.57. The number of ether oxygens (including phenoxy) is 2. The van der Waals surface area contributed by atoms with E-state index in [1.54, 1.807) is 6.92 Å². The molecule has 82 valence electrons. The average molecular weight is 211 g/mol. The molecule has 1 aliphatic carbocycles. The van der Waals surface area contributed by atoms with E-state index in [4.69, 9.17) is 14.0 Å². The van der Waals surface area contributed by atoms with E-state index in [1.165, 1.54) is 12.7 Å². The van der Waals surface area contributed by atoms with Gasteiger partial charge in [-0.1, -0.05) is 5.16 Å². The summed E-state index contributed by atoms with van der Waals surface area (Å²) in [5.74, 6) is -0.112. The summed E-state index contributed by atoms with van der Waals surface area (Å²) in [6.45, 7) is 2.05. The Balaban J connectivity index is 2.03. The zero-order valence-electron chi connectivity index (χ0n) is 8.56. The summed E-state index contributed by atoms with van der Waals surface area (Å²) in [4.78, 5) is 11.4. The lowest BCUT2D eigenvalue weighted by atomic mass is 9.96. The van der Waals surface area contributed by atoms with Gasteiger partial charge < -0.3 is 14.0 Å². The predicted molar refractivity (Wildman–Crippen MR) is 50.7 cm³/mol. The second-order valence-corrected chi connectivity index (χ2v) is 3.42. The Bertz CT molecular complexity index is 343. The molecule has 15 heavy (non-hydrogen) atoms. The van der Waals surface area contributed by atoms with Crippen molar-refractivity contribution in [3.63, 3.8) is 0 Å². The van der Waals surface area contributed by atoms with Gasteiger partial charge in [0.25, 0.3) is 0 Å². The van der Waals surface area contributed by atoms with Crippen molar-refractivity contribution in [2.24, 2.45) is 0 Å². The molecule has 1 aliphatic rings. The Morgan fingerprint density at radius 1 is 1.67 bits per heavy atom. The molecule has 0 bridgehead atoms. The van der Waals surface area contributed by atoms with Crippen molar-refractivity contribution in [1.82, 2.24) is 5.16 Å². The lowest BCUT2D eigenvalue weighted by molar-refractivity contribution is 0.0502.